The van der Waals surface area contributed by atoms with Gasteiger partial charge in [-0.3, -0.25) is 9.69 Å². The van der Waals surface area contributed by atoms with Crippen LogP contribution in [0.4, 0.5) is 0 Å². The lowest BCUT2D eigenvalue weighted by atomic mass is 9.98. The van der Waals surface area contributed by atoms with Crippen LogP contribution < -0.4 is 10.3 Å². The van der Waals surface area contributed by atoms with E-state index in [9.17, 15) is 9.90 Å². The third-order valence-electron chi connectivity index (χ3n) is 6.73. The number of hydrogen-bond acceptors (Lipinski definition) is 4. The molecule has 1 saturated carbocycles. The zero-order chi connectivity index (χ0) is 23.7. The molecule has 2 heterocycles. The minimum Gasteiger partial charge on any atom is -0.504 e. The van der Waals surface area contributed by atoms with Gasteiger partial charge >= 0.3 is 0 Å². The van der Waals surface area contributed by atoms with Crippen LogP contribution in [-0.2, 0) is 19.5 Å². The van der Waals surface area contributed by atoms with Crippen LogP contribution in [0.2, 0.25) is 5.02 Å². The van der Waals surface area contributed by atoms with Crippen LogP contribution in [0.3, 0.4) is 0 Å². The van der Waals surface area contributed by atoms with Gasteiger partial charge in [0, 0.05) is 54.4 Å². The number of phenols is 1. The molecule has 0 saturated heterocycles. The fourth-order valence-corrected chi connectivity index (χ4v) is 4.93. The van der Waals surface area contributed by atoms with E-state index in [0.717, 1.165) is 43.7 Å². The lowest BCUT2D eigenvalue weighted by molar-refractivity contribution is 0.274. The highest BCUT2D eigenvalue weighted by molar-refractivity contribution is 6.33. The minimum absolute atomic E-state index is 0.0772. The van der Waals surface area contributed by atoms with Crippen molar-refractivity contribution in [3.8, 4) is 22.6 Å². The molecule has 1 aliphatic carbocycles. The molecule has 2 aromatic carbocycles. The molecule has 2 aliphatic rings. The SMILES string of the molecule is COc1cc(/C=C/CN2CCc3c(cc(-c4ccccc4Cl)c(=O)n3CC3CC3)C2)ccc1O. The first-order chi connectivity index (χ1) is 16.5. The van der Waals surface area contributed by atoms with Crippen LogP contribution >= 0.6 is 11.6 Å². The molecular weight excluding hydrogens is 448 g/mol. The smallest absolute Gasteiger partial charge is 0.258 e. The highest BCUT2D eigenvalue weighted by Crippen LogP contribution is 2.33. The fourth-order valence-electron chi connectivity index (χ4n) is 4.69. The lowest BCUT2D eigenvalue weighted by Crippen LogP contribution is -2.36. The van der Waals surface area contributed by atoms with Crippen molar-refractivity contribution in [3.63, 3.8) is 0 Å². The second kappa shape index (κ2) is 9.69. The van der Waals surface area contributed by atoms with Crippen LogP contribution in [0.15, 0.2) is 59.4 Å². The molecule has 5 rings (SSSR count). The lowest BCUT2D eigenvalue weighted by Gasteiger charge is -2.30. The van der Waals surface area contributed by atoms with Crippen molar-refractivity contribution >= 4 is 17.7 Å². The number of pyridine rings is 1. The predicted molar refractivity (Wildman–Crippen MR) is 137 cm³/mol. The first kappa shape index (κ1) is 22.8. The summed E-state index contributed by atoms with van der Waals surface area (Å²) < 4.78 is 7.23. The van der Waals surface area contributed by atoms with E-state index in [1.54, 1.807) is 13.2 Å². The van der Waals surface area contributed by atoms with E-state index in [4.69, 9.17) is 16.3 Å². The normalized spacial score (nSPS) is 16.1. The zero-order valence-corrected chi connectivity index (χ0v) is 20.1. The molecule has 1 N–H and O–H groups in total. The van der Waals surface area contributed by atoms with Crippen molar-refractivity contribution in [1.82, 2.24) is 9.47 Å². The van der Waals surface area contributed by atoms with Crippen molar-refractivity contribution in [3.05, 3.63) is 86.8 Å². The number of nitrogens with zero attached hydrogens (tertiary/aromatic N) is 2. The maximum atomic E-state index is 13.5. The maximum Gasteiger partial charge on any atom is 0.258 e. The van der Waals surface area contributed by atoms with E-state index in [-0.39, 0.29) is 11.3 Å². The molecule has 0 amide bonds. The van der Waals surface area contributed by atoms with Gasteiger partial charge in [0.25, 0.3) is 5.56 Å². The highest BCUT2D eigenvalue weighted by atomic mass is 35.5. The molecular formula is C28H29ClN2O3. The topological polar surface area (TPSA) is 54.7 Å². The Labute approximate surface area is 204 Å². The molecule has 3 aromatic rings. The molecule has 1 fully saturated rings. The van der Waals surface area contributed by atoms with Gasteiger partial charge < -0.3 is 14.4 Å². The van der Waals surface area contributed by atoms with Crippen molar-refractivity contribution in [2.24, 2.45) is 5.92 Å². The minimum atomic E-state index is 0.0772. The molecule has 0 radical (unpaired) electrons. The van der Waals surface area contributed by atoms with E-state index in [0.29, 0.717) is 22.3 Å². The summed E-state index contributed by atoms with van der Waals surface area (Å²) in [4.78, 5) is 15.9. The summed E-state index contributed by atoms with van der Waals surface area (Å²) in [7, 11) is 1.55. The Balaban J connectivity index is 1.40. The molecule has 0 bridgehead atoms. The van der Waals surface area contributed by atoms with Crippen molar-refractivity contribution in [2.45, 2.75) is 32.4 Å². The van der Waals surface area contributed by atoms with Gasteiger partial charge in [0.2, 0.25) is 0 Å². The van der Waals surface area contributed by atoms with E-state index >= 15 is 0 Å². The van der Waals surface area contributed by atoms with Gasteiger partial charge in [0.05, 0.1) is 7.11 Å². The van der Waals surface area contributed by atoms with Crippen LogP contribution in [0.25, 0.3) is 17.2 Å². The molecule has 1 aromatic heterocycles. The standard InChI is InChI=1S/C28H29ClN2O3/c1-34-27-15-19(10-11-26(27)32)5-4-13-30-14-12-25-21(18-30)16-23(22-6-2-3-7-24(22)29)28(33)31(25)17-20-8-9-20/h2-7,10-11,15-16,20,32H,8-9,12-14,17-18H2,1H3/b5-4+. The van der Waals surface area contributed by atoms with E-state index < -0.39 is 0 Å². The number of rotatable bonds is 7. The Kier molecular flexibility index (Phi) is 6.48. The summed E-state index contributed by atoms with van der Waals surface area (Å²) in [5, 5.41) is 10.4. The third-order valence-corrected chi connectivity index (χ3v) is 7.06. The first-order valence-corrected chi connectivity index (χ1v) is 12.2. The number of ether oxygens (including phenoxy) is 1. The maximum absolute atomic E-state index is 13.5. The molecule has 5 nitrogen and oxygen atoms in total. The Morgan fingerprint density at radius 3 is 2.74 bits per heavy atom. The molecule has 176 valence electrons. The monoisotopic (exact) mass is 476 g/mol. The predicted octanol–water partition coefficient (Wildman–Crippen LogP) is 5.36. The van der Waals surface area contributed by atoms with Gasteiger partial charge in [-0.25, -0.2) is 0 Å². The number of hydrogen-bond donors (Lipinski definition) is 1. The molecule has 0 spiro atoms. The number of phenolic OH excluding ortho intramolecular Hbond substituents is 1. The zero-order valence-electron chi connectivity index (χ0n) is 19.3. The first-order valence-electron chi connectivity index (χ1n) is 11.8. The van der Waals surface area contributed by atoms with Crippen LogP contribution in [-0.4, -0.2) is 34.8 Å². The van der Waals surface area contributed by atoms with Crippen LogP contribution in [0, 0.1) is 5.92 Å². The van der Waals surface area contributed by atoms with E-state index in [1.165, 1.54) is 24.1 Å². The van der Waals surface area contributed by atoms with Gasteiger partial charge in [-0.2, -0.15) is 0 Å². The number of aromatic hydroxyl groups is 1. The molecule has 34 heavy (non-hydrogen) atoms. The summed E-state index contributed by atoms with van der Waals surface area (Å²) in [5.41, 5.74) is 4.94. The van der Waals surface area contributed by atoms with Crippen molar-refractivity contribution in [1.29, 1.82) is 0 Å². The largest absolute Gasteiger partial charge is 0.504 e. The summed E-state index contributed by atoms with van der Waals surface area (Å²) in [6.07, 6.45) is 7.45. The Hall–Kier alpha value is -3.02. The molecule has 6 heteroatoms. The fraction of sp³-hybridized carbons (Fsp3) is 0.321. The Morgan fingerprint density at radius 1 is 1.15 bits per heavy atom. The van der Waals surface area contributed by atoms with E-state index in [1.807, 2.05) is 47.0 Å². The quantitative estimate of drug-likeness (QED) is 0.498. The molecule has 1 aliphatic heterocycles. The van der Waals surface area contributed by atoms with Crippen molar-refractivity contribution in [2.75, 3.05) is 20.2 Å². The van der Waals surface area contributed by atoms with Gasteiger partial charge in [0.15, 0.2) is 11.5 Å². The summed E-state index contributed by atoms with van der Waals surface area (Å²) in [6.45, 7) is 3.31. The van der Waals surface area contributed by atoms with Crippen molar-refractivity contribution < 1.29 is 9.84 Å². The summed E-state index contributed by atoms with van der Waals surface area (Å²) in [5.74, 6) is 1.22. The highest BCUT2D eigenvalue weighted by Gasteiger charge is 2.27. The van der Waals surface area contributed by atoms with Crippen LogP contribution in [0.1, 0.15) is 29.7 Å². The number of fused-ring (bicyclic) bond motifs is 1. The number of methoxy groups -OCH3 is 1. The average Bonchev–Trinajstić information content (AvgIpc) is 3.66. The Bertz CT molecular complexity index is 1290. The number of aromatic nitrogens is 1. The summed E-state index contributed by atoms with van der Waals surface area (Å²) >= 11 is 6.48. The van der Waals surface area contributed by atoms with Crippen LogP contribution in [0.5, 0.6) is 11.5 Å². The molecule has 0 unspecified atom stereocenters. The third kappa shape index (κ3) is 4.77. The van der Waals surface area contributed by atoms with Gasteiger partial charge in [-0.1, -0.05) is 48.0 Å². The second-order valence-electron chi connectivity index (χ2n) is 9.19. The van der Waals surface area contributed by atoms with Gasteiger partial charge in [-0.15, -0.1) is 0 Å². The summed E-state index contributed by atoms with van der Waals surface area (Å²) in [6, 6.07) is 15.0. The molecule has 0 atom stereocenters. The Morgan fingerprint density at radius 2 is 1.97 bits per heavy atom. The average molecular weight is 477 g/mol. The van der Waals surface area contributed by atoms with Gasteiger partial charge in [-0.05, 0) is 54.2 Å². The second-order valence-corrected chi connectivity index (χ2v) is 9.59. The number of halogens is 1. The van der Waals surface area contributed by atoms with E-state index in [2.05, 4.69) is 17.0 Å². The number of benzene rings is 2. The van der Waals surface area contributed by atoms with Gasteiger partial charge in [0.1, 0.15) is 0 Å².